The smallest absolute Gasteiger partial charge is 0.358 e. The van der Waals surface area contributed by atoms with Gasteiger partial charge in [-0.05, 0) is 19.1 Å². The molecule has 7 nitrogen and oxygen atoms in total. The third-order valence-corrected chi connectivity index (χ3v) is 3.07. The van der Waals surface area contributed by atoms with Gasteiger partial charge in [0.05, 0.1) is 12.2 Å². The van der Waals surface area contributed by atoms with Crippen molar-refractivity contribution in [3.63, 3.8) is 0 Å². The molecule has 0 unspecified atom stereocenters. The van der Waals surface area contributed by atoms with E-state index in [1.165, 1.54) is 10.9 Å². The van der Waals surface area contributed by atoms with Crippen LogP contribution in [-0.2, 0) is 6.54 Å². The average Bonchev–Trinajstić information content (AvgIpc) is 3.08. The van der Waals surface area contributed by atoms with E-state index in [9.17, 15) is 4.79 Å². The Balaban J connectivity index is 1.84. The van der Waals surface area contributed by atoms with Crippen LogP contribution in [0.1, 0.15) is 21.9 Å². The Kier molecular flexibility index (Phi) is 3.23. The van der Waals surface area contributed by atoms with Crippen LogP contribution < -0.4 is 0 Å². The number of nitrogens with zero attached hydrogens (tertiary/aromatic N) is 4. The molecule has 0 aliphatic carbocycles. The number of carboxylic acids is 1. The molecule has 0 bridgehead atoms. The van der Waals surface area contributed by atoms with Crippen molar-refractivity contribution in [3.8, 4) is 11.5 Å². The van der Waals surface area contributed by atoms with E-state index in [0.717, 1.165) is 5.56 Å². The van der Waals surface area contributed by atoms with Crippen molar-refractivity contribution in [3.05, 3.63) is 53.7 Å². The molecular weight excluding hydrogens is 272 g/mol. The van der Waals surface area contributed by atoms with Gasteiger partial charge in [-0.2, -0.15) is 0 Å². The molecule has 2 heterocycles. The fourth-order valence-corrected chi connectivity index (χ4v) is 1.95. The second kappa shape index (κ2) is 5.20. The fourth-order valence-electron chi connectivity index (χ4n) is 1.95. The number of benzene rings is 1. The molecule has 1 aromatic carbocycles. The molecule has 0 saturated heterocycles. The van der Waals surface area contributed by atoms with Crippen molar-refractivity contribution in [2.45, 2.75) is 13.5 Å². The lowest BCUT2D eigenvalue weighted by Crippen LogP contribution is -2.06. The van der Waals surface area contributed by atoms with Crippen LogP contribution in [0.2, 0.25) is 0 Å². The molecular formula is C14H12N4O3. The number of hydrogen-bond acceptors (Lipinski definition) is 5. The van der Waals surface area contributed by atoms with E-state index in [1.807, 2.05) is 30.3 Å². The molecule has 0 aliphatic rings. The Morgan fingerprint density at radius 3 is 2.76 bits per heavy atom. The molecule has 21 heavy (non-hydrogen) atoms. The lowest BCUT2D eigenvalue weighted by Gasteiger charge is -1.99. The topological polar surface area (TPSA) is 94.0 Å². The molecule has 1 N–H and O–H groups in total. The summed E-state index contributed by atoms with van der Waals surface area (Å²) in [5, 5.41) is 16.4. The molecule has 3 rings (SSSR count). The van der Waals surface area contributed by atoms with Crippen molar-refractivity contribution in [2.24, 2.45) is 0 Å². The van der Waals surface area contributed by atoms with Gasteiger partial charge in [-0.1, -0.05) is 23.4 Å². The maximum absolute atomic E-state index is 10.9. The number of oxazole rings is 1. The van der Waals surface area contributed by atoms with Crippen LogP contribution in [0.25, 0.3) is 11.5 Å². The van der Waals surface area contributed by atoms with Crippen LogP contribution in [-0.4, -0.2) is 31.1 Å². The average molecular weight is 284 g/mol. The maximum Gasteiger partial charge on any atom is 0.358 e. The summed E-state index contributed by atoms with van der Waals surface area (Å²) in [5.41, 5.74) is 1.96. The van der Waals surface area contributed by atoms with Crippen LogP contribution >= 0.6 is 0 Å². The highest BCUT2D eigenvalue weighted by molar-refractivity contribution is 5.86. The second-order valence-corrected chi connectivity index (χ2v) is 4.50. The quantitative estimate of drug-likeness (QED) is 0.787. The van der Waals surface area contributed by atoms with Gasteiger partial charge in [0.2, 0.25) is 5.89 Å². The third-order valence-electron chi connectivity index (χ3n) is 3.07. The van der Waals surface area contributed by atoms with E-state index in [1.54, 1.807) is 6.92 Å². The Bertz CT molecular complexity index is 777. The lowest BCUT2D eigenvalue weighted by atomic mass is 10.2. The minimum atomic E-state index is -1.09. The van der Waals surface area contributed by atoms with Gasteiger partial charge in [0, 0.05) is 5.56 Å². The number of rotatable bonds is 4. The van der Waals surface area contributed by atoms with Crippen LogP contribution in [0.3, 0.4) is 0 Å². The largest absolute Gasteiger partial charge is 0.476 e. The third kappa shape index (κ3) is 2.53. The van der Waals surface area contributed by atoms with Gasteiger partial charge in [-0.25, -0.2) is 14.5 Å². The summed E-state index contributed by atoms with van der Waals surface area (Å²) in [4.78, 5) is 15.3. The number of carbonyl (C=O) groups is 1. The molecule has 7 heteroatoms. The SMILES string of the molecule is Cc1c(C(=O)O)nnn1Cc1coc(-c2ccccc2)n1. The number of aromatic nitrogens is 4. The molecule has 0 fully saturated rings. The van der Waals surface area contributed by atoms with E-state index >= 15 is 0 Å². The van der Waals surface area contributed by atoms with E-state index < -0.39 is 5.97 Å². The highest BCUT2D eigenvalue weighted by atomic mass is 16.4. The summed E-state index contributed by atoms with van der Waals surface area (Å²) >= 11 is 0. The van der Waals surface area contributed by atoms with Crippen molar-refractivity contribution in [1.82, 2.24) is 20.0 Å². The van der Waals surface area contributed by atoms with E-state index in [2.05, 4.69) is 15.3 Å². The van der Waals surface area contributed by atoms with Crippen molar-refractivity contribution >= 4 is 5.97 Å². The Labute approximate surface area is 119 Å². The molecule has 0 aliphatic heterocycles. The summed E-state index contributed by atoms with van der Waals surface area (Å²) in [6, 6.07) is 9.52. The first kappa shape index (κ1) is 13.0. The van der Waals surface area contributed by atoms with Gasteiger partial charge in [0.15, 0.2) is 5.69 Å². The van der Waals surface area contributed by atoms with Crippen LogP contribution in [0.5, 0.6) is 0 Å². The minimum absolute atomic E-state index is 0.0539. The standard InChI is InChI=1S/C14H12N4O3/c1-9-12(14(19)20)16-17-18(9)7-11-8-21-13(15-11)10-5-3-2-4-6-10/h2-6,8H,7H2,1H3,(H,19,20). The van der Waals surface area contributed by atoms with E-state index in [-0.39, 0.29) is 5.69 Å². The van der Waals surface area contributed by atoms with E-state index in [4.69, 9.17) is 9.52 Å². The van der Waals surface area contributed by atoms with Gasteiger partial charge in [-0.3, -0.25) is 0 Å². The number of aromatic carboxylic acids is 1. The van der Waals surface area contributed by atoms with Crippen molar-refractivity contribution in [2.75, 3.05) is 0 Å². The van der Waals surface area contributed by atoms with Crippen LogP contribution in [0, 0.1) is 6.92 Å². The lowest BCUT2D eigenvalue weighted by molar-refractivity contribution is 0.0689. The second-order valence-electron chi connectivity index (χ2n) is 4.50. The predicted molar refractivity (Wildman–Crippen MR) is 72.8 cm³/mol. The maximum atomic E-state index is 10.9. The van der Waals surface area contributed by atoms with Crippen LogP contribution in [0.15, 0.2) is 41.0 Å². The molecule has 0 spiro atoms. The predicted octanol–water partition coefficient (Wildman–Crippen LogP) is 1.99. The normalized spacial score (nSPS) is 10.7. The van der Waals surface area contributed by atoms with E-state index in [0.29, 0.717) is 23.8 Å². The summed E-state index contributed by atoms with van der Waals surface area (Å²) in [6.45, 7) is 1.96. The van der Waals surface area contributed by atoms with Gasteiger partial charge >= 0.3 is 5.97 Å². The monoisotopic (exact) mass is 284 g/mol. The van der Waals surface area contributed by atoms with Gasteiger partial charge < -0.3 is 9.52 Å². The Hall–Kier alpha value is -2.96. The minimum Gasteiger partial charge on any atom is -0.476 e. The van der Waals surface area contributed by atoms with Gasteiger partial charge in [0.25, 0.3) is 0 Å². The highest BCUT2D eigenvalue weighted by Gasteiger charge is 2.16. The summed E-state index contributed by atoms with van der Waals surface area (Å²) in [5.74, 6) is -0.578. The summed E-state index contributed by atoms with van der Waals surface area (Å²) in [7, 11) is 0. The molecule has 0 saturated carbocycles. The first-order chi connectivity index (χ1) is 10.1. The molecule has 106 valence electrons. The van der Waals surface area contributed by atoms with Crippen molar-refractivity contribution in [1.29, 1.82) is 0 Å². The highest BCUT2D eigenvalue weighted by Crippen LogP contribution is 2.18. The first-order valence-corrected chi connectivity index (χ1v) is 6.28. The zero-order valence-corrected chi connectivity index (χ0v) is 11.2. The molecule has 3 aromatic rings. The number of hydrogen-bond donors (Lipinski definition) is 1. The first-order valence-electron chi connectivity index (χ1n) is 6.28. The fraction of sp³-hybridized carbons (Fsp3) is 0.143. The Morgan fingerprint density at radius 2 is 2.10 bits per heavy atom. The molecule has 0 atom stereocenters. The summed E-state index contributed by atoms with van der Waals surface area (Å²) in [6.07, 6.45) is 1.53. The Morgan fingerprint density at radius 1 is 1.33 bits per heavy atom. The zero-order chi connectivity index (χ0) is 14.8. The van der Waals surface area contributed by atoms with Gasteiger partial charge in [0.1, 0.15) is 12.0 Å². The summed E-state index contributed by atoms with van der Waals surface area (Å²) < 4.78 is 6.91. The van der Waals surface area contributed by atoms with Crippen molar-refractivity contribution < 1.29 is 14.3 Å². The van der Waals surface area contributed by atoms with Crippen LogP contribution in [0.4, 0.5) is 0 Å². The molecule has 2 aromatic heterocycles. The number of carboxylic acid groups (broad SMARTS) is 1. The van der Waals surface area contributed by atoms with Gasteiger partial charge in [-0.15, -0.1) is 5.10 Å². The zero-order valence-electron chi connectivity index (χ0n) is 11.2. The molecule has 0 amide bonds. The molecule has 0 radical (unpaired) electrons.